The predicted molar refractivity (Wildman–Crippen MR) is 180 cm³/mol. The third-order valence-corrected chi connectivity index (χ3v) is 7.34. The molecule has 6 heteroatoms. The highest BCUT2D eigenvalue weighted by atomic mass is 14.9. The van der Waals surface area contributed by atoms with E-state index in [1.54, 1.807) is 6.20 Å². The highest BCUT2D eigenvalue weighted by molar-refractivity contribution is 5.84. The van der Waals surface area contributed by atoms with Crippen LogP contribution in [0.4, 0.5) is 0 Å². The van der Waals surface area contributed by atoms with Crippen LogP contribution in [0.25, 0.3) is 61.5 Å². The maximum Gasteiger partial charge on any atom is 0.126 e. The summed E-state index contributed by atoms with van der Waals surface area (Å²) < 4.78 is 0. The lowest BCUT2D eigenvalue weighted by atomic mass is 9.93. The first-order chi connectivity index (χ1) is 21.6. The van der Waals surface area contributed by atoms with E-state index in [1.807, 2.05) is 93.5 Å². The smallest absolute Gasteiger partial charge is 0.126 e. The van der Waals surface area contributed by atoms with Crippen LogP contribution in [0, 0.1) is 6.92 Å². The molecule has 6 rings (SSSR count). The van der Waals surface area contributed by atoms with E-state index in [9.17, 15) is 0 Å². The van der Waals surface area contributed by atoms with Crippen molar-refractivity contribution in [1.82, 2.24) is 24.9 Å². The van der Waals surface area contributed by atoms with Gasteiger partial charge < -0.3 is 0 Å². The number of aromatic nitrogens is 5. The summed E-state index contributed by atoms with van der Waals surface area (Å²) in [6.07, 6.45) is 16.6. The van der Waals surface area contributed by atoms with Gasteiger partial charge in [-0.3, -0.25) is 19.9 Å². The van der Waals surface area contributed by atoms with Gasteiger partial charge in [-0.15, -0.1) is 0 Å². The number of aryl methyl sites for hydroxylation is 1. The van der Waals surface area contributed by atoms with Gasteiger partial charge in [-0.05, 0) is 150 Å². The number of pyridine rings is 3. The van der Waals surface area contributed by atoms with Gasteiger partial charge in [0.25, 0.3) is 0 Å². The van der Waals surface area contributed by atoms with Crippen molar-refractivity contribution in [2.75, 3.05) is 0 Å². The van der Waals surface area contributed by atoms with Gasteiger partial charge in [0.2, 0.25) is 0 Å². The second-order valence-corrected chi connectivity index (χ2v) is 10.2. The molecule has 4 heterocycles. The van der Waals surface area contributed by atoms with Crippen LogP contribution < -0.4 is 0 Å². The van der Waals surface area contributed by atoms with Crippen molar-refractivity contribution in [3.05, 3.63) is 146 Å². The van der Waals surface area contributed by atoms with Crippen LogP contribution in [-0.2, 0) is 0 Å². The molecule has 6 nitrogen and oxygen atoms in total. The number of allylic oxidation sites excluding steroid dienone is 3. The van der Waals surface area contributed by atoms with Gasteiger partial charge >= 0.3 is 0 Å². The second kappa shape index (κ2) is 13.0. The quantitative estimate of drug-likeness (QED) is 0.135. The summed E-state index contributed by atoms with van der Waals surface area (Å²) in [5, 5.41) is 0. The normalized spacial score (nSPS) is 11.5. The minimum atomic E-state index is 0.690. The van der Waals surface area contributed by atoms with Crippen LogP contribution in [-0.4, -0.2) is 31.6 Å². The van der Waals surface area contributed by atoms with Crippen molar-refractivity contribution in [3.8, 4) is 55.9 Å². The van der Waals surface area contributed by atoms with Crippen molar-refractivity contribution < 1.29 is 0 Å². The molecule has 0 radical (unpaired) electrons. The van der Waals surface area contributed by atoms with E-state index in [1.165, 1.54) is 0 Å². The Morgan fingerprint density at radius 1 is 0.568 bits per heavy atom. The summed E-state index contributed by atoms with van der Waals surface area (Å²) in [4.78, 5) is 26.4. The molecule has 4 aromatic heterocycles. The molecule has 2 aromatic carbocycles. The van der Waals surface area contributed by atoms with E-state index in [4.69, 9.17) is 9.97 Å². The van der Waals surface area contributed by atoms with E-state index in [2.05, 4.69) is 75.2 Å². The summed E-state index contributed by atoms with van der Waals surface area (Å²) in [6.45, 7) is 7.55. The Bertz CT molecular complexity index is 1920. The number of nitrogens with zero attached hydrogens (tertiary/aromatic N) is 6. The van der Waals surface area contributed by atoms with Gasteiger partial charge in [0.05, 0.1) is 11.4 Å². The third-order valence-electron chi connectivity index (χ3n) is 7.34. The highest BCUT2D eigenvalue weighted by Crippen LogP contribution is 2.35. The Labute approximate surface area is 257 Å². The van der Waals surface area contributed by atoms with Crippen molar-refractivity contribution in [3.63, 3.8) is 0 Å². The van der Waals surface area contributed by atoms with Crippen molar-refractivity contribution >= 4 is 12.3 Å². The zero-order chi connectivity index (χ0) is 30.3. The van der Waals surface area contributed by atoms with Crippen LogP contribution in [0.15, 0.2) is 139 Å². The summed E-state index contributed by atoms with van der Waals surface area (Å²) in [5.74, 6) is 0.690. The Morgan fingerprint density at radius 2 is 0.977 bits per heavy atom. The van der Waals surface area contributed by atoms with Gasteiger partial charge in [-0.2, -0.15) is 0 Å². The Hall–Kier alpha value is -5.88. The molecule has 0 fully saturated rings. The molecule has 6 aromatic rings. The SMILES string of the molecule is C=N/C=C\C(=C/C)c1cc(-c2ccncc2)cc(-c2cc(-c3cc(-c4ccncc4)cc(-c4ccncc4)c3)nc(C)n2)c1. The number of aliphatic imine (C=N–C) groups is 1. The molecule has 0 aliphatic heterocycles. The molecule has 0 amide bonds. The van der Waals surface area contributed by atoms with E-state index >= 15 is 0 Å². The fourth-order valence-electron chi connectivity index (χ4n) is 5.21. The molecule has 0 aliphatic carbocycles. The standard InChI is InChI=1S/C38H30N6/c1-4-27(5-12-39-3)31-19-32(28-6-13-40-14-7-28)22-35(21-31)37-25-38(44-26(2)43-37)36-23-33(29-8-15-41-16-9-29)20-34(24-36)30-10-17-42-18-11-30/h4-25H,3H2,1-2H3/b12-5-,27-4+. The van der Waals surface area contributed by atoms with Gasteiger partial charge in [-0.25, -0.2) is 9.97 Å². The first-order valence-corrected chi connectivity index (χ1v) is 14.3. The van der Waals surface area contributed by atoms with Crippen LogP contribution in [0.5, 0.6) is 0 Å². The van der Waals surface area contributed by atoms with Gasteiger partial charge in [0.15, 0.2) is 0 Å². The summed E-state index contributed by atoms with van der Waals surface area (Å²) in [6, 6.07) is 27.2. The van der Waals surface area contributed by atoms with Gasteiger partial charge in [-0.1, -0.05) is 6.08 Å². The first kappa shape index (κ1) is 28.2. The zero-order valence-corrected chi connectivity index (χ0v) is 24.6. The first-order valence-electron chi connectivity index (χ1n) is 14.3. The van der Waals surface area contributed by atoms with Crippen molar-refractivity contribution in [2.45, 2.75) is 13.8 Å². The minimum Gasteiger partial charge on any atom is -0.272 e. The molecule has 0 unspecified atom stereocenters. The fourth-order valence-corrected chi connectivity index (χ4v) is 5.21. The zero-order valence-electron chi connectivity index (χ0n) is 24.6. The fraction of sp³-hybridized carbons (Fsp3) is 0.0526. The lowest BCUT2D eigenvalue weighted by Gasteiger charge is -2.14. The third kappa shape index (κ3) is 6.30. The van der Waals surface area contributed by atoms with E-state index in [0.29, 0.717) is 5.82 Å². The Balaban J connectivity index is 1.53. The van der Waals surface area contributed by atoms with Crippen molar-refractivity contribution in [1.29, 1.82) is 0 Å². The molecule has 0 spiro atoms. The largest absolute Gasteiger partial charge is 0.272 e. The van der Waals surface area contributed by atoms with Gasteiger partial charge in [0.1, 0.15) is 5.82 Å². The molecular formula is C38H30N6. The average molecular weight is 571 g/mol. The topological polar surface area (TPSA) is 76.8 Å². The van der Waals surface area contributed by atoms with Crippen molar-refractivity contribution in [2.24, 2.45) is 4.99 Å². The molecule has 0 N–H and O–H groups in total. The molecule has 212 valence electrons. The molecular weight excluding hydrogens is 540 g/mol. The number of hydrogen-bond donors (Lipinski definition) is 0. The monoisotopic (exact) mass is 570 g/mol. The molecule has 0 saturated heterocycles. The van der Waals surface area contributed by atoms with E-state index < -0.39 is 0 Å². The maximum atomic E-state index is 4.91. The molecule has 0 aliphatic rings. The maximum absolute atomic E-state index is 4.91. The van der Waals surface area contributed by atoms with E-state index in [0.717, 1.165) is 67.0 Å². The van der Waals surface area contributed by atoms with Crippen LogP contribution >= 0.6 is 0 Å². The minimum absolute atomic E-state index is 0.690. The highest BCUT2D eigenvalue weighted by Gasteiger charge is 2.14. The lowest BCUT2D eigenvalue weighted by molar-refractivity contribution is 1.06. The Kier molecular flexibility index (Phi) is 8.32. The number of rotatable bonds is 8. The molecule has 0 saturated carbocycles. The van der Waals surface area contributed by atoms with Crippen LogP contribution in [0.3, 0.4) is 0 Å². The van der Waals surface area contributed by atoms with Crippen LogP contribution in [0.2, 0.25) is 0 Å². The van der Waals surface area contributed by atoms with Crippen LogP contribution in [0.1, 0.15) is 18.3 Å². The predicted octanol–water partition coefficient (Wildman–Crippen LogP) is 8.92. The average Bonchev–Trinajstić information content (AvgIpc) is 3.09. The van der Waals surface area contributed by atoms with Gasteiger partial charge in [0, 0.05) is 54.5 Å². The molecule has 0 bridgehead atoms. The second-order valence-electron chi connectivity index (χ2n) is 10.2. The number of hydrogen-bond acceptors (Lipinski definition) is 6. The summed E-state index contributed by atoms with van der Waals surface area (Å²) in [5.41, 5.74) is 12.2. The summed E-state index contributed by atoms with van der Waals surface area (Å²) in [7, 11) is 0. The lowest BCUT2D eigenvalue weighted by Crippen LogP contribution is -1.97. The molecule has 44 heavy (non-hydrogen) atoms. The van der Waals surface area contributed by atoms with E-state index in [-0.39, 0.29) is 0 Å². The molecule has 0 atom stereocenters. The Morgan fingerprint density at radius 3 is 1.43 bits per heavy atom. The number of benzene rings is 2. The summed E-state index contributed by atoms with van der Waals surface area (Å²) >= 11 is 0.